The largest absolute Gasteiger partial charge is 0.481 e. The number of nitrogens with zero attached hydrogens (tertiary/aromatic N) is 2. The quantitative estimate of drug-likeness (QED) is 0.492. The number of aromatic nitrogens is 1. The lowest BCUT2D eigenvalue weighted by Crippen LogP contribution is -2.12. The summed E-state index contributed by atoms with van der Waals surface area (Å²) in [5.74, 6) is -1.23. The SMILES string of the molecule is Cc1ccnc(SCC(C)C(=O)O)c1[N+](=O)[O-]. The summed E-state index contributed by atoms with van der Waals surface area (Å²) in [6.07, 6.45) is 1.48. The summed E-state index contributed by atoms with van der Waals surface area (Å²) in [5, 5.41) is 19.8. The van der Waals surface area contributed by atoms with Gasteiger partial charge in [-0.1, -0.05) is 18.7 Å². The molecule has 6 nitrogen and oxygen atoms in total. The lowest BCUT2D eigenvalue weighted by atomic mass is 10.2. The Hall–Kier alpha value is -1.63. The van der Waals surface area contributed by atoms with E-state index in [-0.39, 0.29) is 16.5 Å². The van der Waals surface area contributed by atoms with Crippen LogP contribution in [0.25, 0.3) is 0 Å². The molecule has 1 heterocycles. The van der Waals surface area contributed by atoms with Crippen LogP contribution in [0.15, 0.2) is 17.3 Å². The van der Waals surface area contributed by atoms with Gasteiger partial charge in [-0.15, -0.1) is 0 Å². The second-order valence-electron chi connectivity index (χ2n) is 3.59. The number of aliphatic carboxylic acids is 1. The maximum atomic E-state index is 10.9. The Morgan fingerprint density at radius 3 is 2.88 bits per heavy atom. The predicted octanol–water partition coefficient (Wildman–Crippen LogP) is 2.11. The number of carboxylic acid groups (broad SMARTS) is 1. The third-order valence-corrected chi connectivity index (χ3v) is 3.41. The van der Waals surface area contributed by atoms with Gasteiger partial charge in [0.15, 0.2) is 5.03 Å². The minimum absolute atomic E-state index is 0.0462. The van der Waals surface area contributed by atoms with E-state index in [9.17, 15) is 14.9 Å². The Morgan fingerprint density at radius 2 is 2.35 bits per heavy atom. The molecule has 0 aliphatic rings. The molecule has 0 fully saturated rings. The molecule has 0 spiro atoms. The average Bonchev–Trinajstić information content (AvgIpc) is 2.24. The summed E-state index contributed by atoms with van der Waals surface area (Å²) in [6.45, 7) is 3.18. The zero-order valence-corrected chi connectivity index (χ0v) is 10.2. The molecule has 1 aromatic heterocycles. The van der Waals surface area contributed by atoms with Gasteiger partial charge < -0.3 is 5.11 Å². The molecule has 1 rings (SSSR count). The van der Waals surface area contributed by atoms with Gasteiger partial charge in [0.25, 0.3) is 0 Å². The highest BCUT2D eigenvalue weighted by Gasteiger charge is 2.20. The fourth-order valence-electron chi connectivity index (χ4n) is 1.13. The lowest BCUT2D eigenvalue weighted by Gasteiger charge is -2.06. The topological polar surface area (TPSA) is 93.3 Å². The zero-order chi connectivity index (χ0) is 13.0. The van der Waals surface area contributed by atoms with Crippen molar-refractivity contribution in [3.05, 3.63) is 27.9 Å². The van der Waals surface area contributed by atoms with Crippen molar-refractivity contribution in [2.24, 2.45) is 5.92 Å². The van der Waals surface area contributed by atoms with Crippen LogP contribution < -0.4 is 0 Å². The molecular formula is C10H12N2O4S. The number of rotatable bonds is 5. The van der Waals surface area contributed by atoms with Gasteiger partial charge in [0.2, 0.25) is 0 Å². The number of pyridine rings is 1. The molecule has 0 saturated heterocycles. The summed E-state index contributed by atoms with van der Waals surface area (Å²) >= 11 is 1.09. The summed E-state index contributed by atoms with van der Waals surface area (Å²) < 4.78 is 0. The van der Waals surface area contributed by atoms with Crippen molar-refractivity contribution in [1.82, 2.24) is 4.98 Å². The van der Waals surface area contributed by atoms with E-state index in [2.05, 4.69) is 4.98 Å². The molecule has 0 bridgehead atoms. The lowest BCUT2D eigenvalue weighted by molar-refractivity contribution is -0.388. The van der Waals surface area contributed by atoms with Gasteiger partial charge in [-0.2, -0.15) is 0 Å². The number of hydrogen-bond donors (Lipinski definition) is 1. The number of carboxylic acids is 1. The van der Waals surface area contributed by atoms with E-state index in [0.29, 0.717) is 5.56 Å². The first-order chi connectivity index (χ1) is 7.93. The minimum Gasteiger partial charge on any atom is -0.481 e. The highest BCUT2D eigenvalue weighted by molar-refractivity contribution is 7.99. The summed E-state index contributed by atoms with van der Waals surface area (Å²) in [7, 11) is 0. The zero-order valence-electron chi connectivity index (χ0n) is 9.41. The highest BCUT2D eigenvalue weighted by atomic mass is 32.2. The van der Waals surface area contributed by atoms with Crippen molar-refractivity contribution in [2.45, 2.75) is 18.9 Å². The molecule has 92 valence electrons. The molecule has 7 heteroatoms. The number of carbonyl (C=O) groups is 1. The summed E-state index contributed by atoms with van der Waals surface area (Å²) in [4.78, 5) is 24.9. The molecule has 1 aromatic rings. The Kier molecular flexibility index (Phi) is 4.45. The molecule has 17 heavy (non-hydrogen) atoms. The first-order valence-electron chi connectivity index (χ1n) is 4.89. The first-order valence-corrected chi connectivity index (χ1v) is 5.87. The molecule has 0 saturated carbocycles. The second kappa shape index (κ2) is 5.62. The van der Waals surface area contributed by atoms with Gasteiger partial charge in [-0.05, 0) is 13.0 Å². The maximum Gasteiger partial charge on any atom is 0.307 e. The highest BCUT2D eigenvalue weighted by Crippen LogP contribution is 2.30. The van der Waals surface area contributed by atoms with E-state index >= 15 is 0 Å². The monoisotopic (exact) mass is 256 g/mol. The molecule has 0 aliphatic heterocycles. The molecule has 0 radical (unpaired) electrons. The summed E-state index contributed by atoms with van der Waals surface area (Å²) in [5.41, 5.74) is 0.477. The number of thioether (sulfide) groups is 1. The third kappa shape index (κ3) is 3.42. The molecule has 1 atom stereocenters. The molecule has 0 amide bonds. The number of hydrogen-bond acceptors (Lipinski definition) is 5. The van der Waals surface area contributed by atoms with Crippen LogP contribution >= 0.6 is 11.8 Å². The molecule has 1 N–H and O–H groups in total. The smallest absolute Gasteiger partial charge is 0.307 e. The van der Waals surface area contributed by atoms with Crippen molar-refractivity contribution in [3.63, 3.8) is 0 Å². The van der Waals surface area contributed by atoms with E-state index in [1.807, 2.05) is 0 Å². The number of aryl methyl sites for hydroxylation is 1. The number of nitro groups is 1. The fourth-order valence-corrected chi connectivity index (χ4v) is 2.19. The fraction of sp³-hybridized carbons (Fsp3) is 0.400. The first kappa shape index (κ1) is 13.4. The van der Waals surface area contributed by atoms with Crippen LogP contribution in [0.4, 0.5) is 5.69 Å². The van der Waals surface area contributed by atoms with E-state index in [4.69, 9.17) is 5.11 Å². The van der Waals surface area contributed by atoms with Gasteiger partial charge in [0.05, 0.1) is 10.8 Å². The maximum absolute atomic E-state index is 10.9. The van der Waals surface area contributed by atoms with Crippen molar-refractivity contribution in [2.75, 3.05) is 5.75 Å². The van der Waals surface area contributed by atoms with Crippen LogP contribution in [0.1, 0.15) is 12.5 Å². The molecule has 0 aromatic carbocycles. The van der Waals surface area contributed by atoms with Crippen molar-refractivity contribution in [1.29, 1.82) is 0 Å². The van der Waals surface area contributed by atoms with Gasteiger partial charge in [-0.3, -0.25) is 14.9 Å². The van der Waals surface area contributed by atoms with Crippen LogP contribution in [-0.4, -0.2) is 26.7 Å². The minimum atomic E-state index is -0.923. The molecular weight excluding hydrogens is 244 g/mol. The van der Waals surface area contributed by atoms with E-state index in [1.54, 1.807) is 19.9 Å². The molecule has 0 aliphatic carbocycles. The summed E-state index contributed by atoms with van der Waals surface area (Å²) in [6, 6.07) is 1.56. The van der Waals surface area contributed by atoms with E-state index < -0.39 is 16.8 Å². The average molecular weight is 256 g/mol. The Morgan fingerprint density at radius 1 is 1.71 bits per heavy atom. The second-order valence-corrected chi connectivity index (χ2v) is 4.60. The Labute approximate surface area is 102 Å². The van der Waals surface area contributed by atoms with Crippen molar-refractivity contribution < 1.29 is 14.8 Å². The third-order valence-electron chi connectivity index (χ3n) is 2.17. The Balaban J connectivity index is 2.88. The van der Waals surface area contributed by atoms with E-state index in [0.717, 1.165) is 11.8 Å². The van der Waals surface area contributed by atoms with Crippen LogP contribution in [0.5, 0.6) is 0 Å². The predicted molar refractivity (Wildman–Crippen MR) is 63.2 cm³/mol. The van der Waals surface area contributed by atoms with Crippen molar-refractivity contribution in [3.8, 4) is 0 Å². The van der Waals surface area contributed by atoms with Crippen molar-refractivity contribution >= 4 is 23.4 Å². The standard InChI is InChI=1S/C10H12N2O4S/c1-6-3-4-11-9(8(6)12(15)16)17-5-7(2)10(13)14/h3-4,7H,5H2,1-2H3,(H,13,14). The van der Waals surface area contributed by atoms with Crippen LogP contribution in [0.2, 0.25) is 0 Å². The molecule has 1 unspecified atom stereocenters. The van der Waals surface area contributed by atoms with Gasteiger partial charge in [0, 0.05) is 17.5 Å². The van der Waals surface area contributed by atoms with Crippen LogP contribution in [0, 0.1) is 23.0 Å². The van der Waals surface area contributed by atoms with Gasteiger partial charge in [0.1, 0.15) is 0 Å². The van der Waals surface area contributed by atoms with Gasteiger partial charge in [-0.25, -0.2) is 4.98 Å². The van der Waals surface area contributed by atoms with Gasteiger partial charge >= 0.3 is 11.7 Å². The van der Waals surface area contributed by atoms with E-state index in [1.165, 1.54) is 6.20 Å². The van der Waals surface area contributed by atoms with Crippen LogP contribution in [0.3, 0.4) is 0 Å². The Bertz CT molecular complexity index is 450. The normalized spacial score (nSPS) is 12.1. The van der Waals surface area contributed by atoms with Crippen LogP contribution in [-0.2, 0) is 4.79 Å².